The fraction of sp³-hybridized carbons (Fsp3) is 0.0625. The minimum Gasteiger partial charge on any atom is -0.294 e. The maximum absolute atomic E-state index is 11.7. The molecule has 0 atom stereocenters. The molecule has 0 bridgehead atoms. The van der Waals surface area contributed by atoms with E-state index in [0.29, 0.717) is 17.1 Å². The molecule has 2 aliphatic rings. The number of nitrogens with zero attached hydrogens (tertiary/aromatic N) is 2. The second-order valence-electron chi connectivity index (χ2n) is 4.34. The van der Waals surface area contributed by atoms with E-state index in [1.807, 2.05) is 48.5 Å². The quantitative estimate of drug-likeness (QED) is 0.652. The summed E-state index contributed by atoms with van der Waals surface area (Å²) in [6.45, 7) is 1.55. The number of ketones is 1. The molecule has 0 saturated heterocycles. The lowest BCUT2D eigenvalue weighted by atomic mass is 10.1. The molecule has 3 rings (SSSR count). The number of aromatic nitrogens is 2. The molecule has 0 unspecified atom stereocenters. The summed E-state index contributed by atoms with van der Waals surface area (Å²) in [5, 5.41) is 0. The van der Waals surface area contributed by atoms with Crippen LogP contribution in [-0.4, -0.2) is 15.8 Å². The maximum atomic E-state index is 11.7. The van der Waals surface area contributed by atoms with Gasteiger partial charge in [-0.15, -0.1) is 0 Å². The van der Waals surface area contributed by atoms with Gasteiger partial charge in [0.05, 0.1) is 5.69 Å². The van der Waals surface area contributed by atoms with Crippen LogP contribution in [0.1, 0.15) is 17.3 Å². The Balaban J connectivity index is 2.24. The maximum Gasteiger partial charge on any atom is 0.162 e. The van der Waals surface area contributed by atoms with Gasteiger partial charge < -0.3 is 0 Å². The first-order valence-corrected chi connectivity index (χ1v) is 6.09. The first kappa shape index (κ1) is 11.5. The molecule has 0 N–H and O–H groups in total. The van der Waals surface area contributed by atoms with Crippen LogP contribution in [-0.2, 0) is 0 Å². The second kappa shape index (κ2) is 4.61. The summed E-state index contributed by atoms with van der Waals surface area (Å²) >= 11 is 0. The zero-order valence-corrected chi connectivity index (χ0v) is 10.5. The molecule has 19 heavy (non-hydrogen) atoms. The lowest BCUT2D eigenvalue weighted by molar-refractivity contribution is 0.101. The highest BCUT2D eigenvalue weighted by Crippen LogP contribution is 2.26. The molecule has 1 aliphatic heterocycles. The van der Waals surface area contributed by atoms with E-state index in [0.717, 1.165) is 11.3 Å². The molecule has 0 aromatic heterocycles. The number of hydrogen-bond acceptors (Lipinski definition) is 3. The number of benzene rings is 1. The van der Waals surface area contributed by atoms with Crippen molar-refractivity contribution in [3.8, 4) is 22.8 Å². The van der Waals surface area contributed by atoms with Gasteiger partial charge in [0, 0.05) is 11.1 Å². The normalized spacial score (nSPS) is 10.6. The predicted molar refractivity (Wildman–Crippen MR) is 74.1 cm³/mol. The van der Waals surface area contributed by atoms with E-state index in [4.69, 9.17) is 0 Å². The number of carbonyl (C=O) groups excluding carboxylic acids is 1. The molecule has 0 radical (unpaired) electrons. The Labute approximate surface area is 111 Å². The summed E-state index contributed by atoms with van der Waals surface area (Å²) in [5.41, 5.74) is 2.97. The predicted octanol–water partition coefficient (Wildman–Crippen LogP) is 3.45. The third-order valence-electron chi connectivity index (χ3n) is 2.98. The molecule has 1 aliphatic carbocycles. The van der Waals surface area contributed by atoms with Gasteiger partial charge in [-0.05, 0) is 19.1 Å². The number of Topliss-reactive ketones (excluding diaryl/α,β-unsaturated/α-hetero) is 1. The van der Waals surface area contributed by atoms with Gasteiger partial charge in [0.1, 0.15) is 5.69 Å². The highest BCUT2D eigenvalue weighted by molar-refractivity contribution is 5.99. The van der Waals surface area contributed by atoms with Crippen molar-refractivity contribution >= 4 is 5.78 Å². The Kier molecular flexibility index (Phi) is 2.80. The second-order valence-corrected chi connectivity index (χ2v) is 4.34. The highest BCUT2D eigenvalue weighted by atomic mass is 16.1. The molecule has 0 spiro atoms. The zero-order chi connectivity index (χ0) is 13.2. The van der Waals surface area contributed by atoms with E-state index >= 15 is 0 Å². The van der Waals surface area contributed by atoms with Crippen molar-refractivity contribution in [2.45, 2.75) is 6.92 Å². The first-order valence-electron chi connectivity index (χ1n) is 6.09. The van der Waals surface area contributed by atoms with Crippen LogP contribution >= 0.6 is 0 Å². The van der Waals surface area contributed by atoms with Crippen molar-refractivity contribution in [1.82, 2.24) is 9.97 Å². The van der Waals surface area contributed by atoms with Gasteiger partial charge in [-0.2, -0.15) is 0 Å². The third kappa shape index (κ3) is 2.10. The topological polar surface area (TPSA) is 42.9 Å². The van der Waals surface area contributed by atoms with Crippen LogP contribution in [0.3, 0.4) is 0 Å². The molecule has 1 aromatic rings. The van der Waals surface area contributed by atoms with E-state index in [-0.39, 0.29) is 5.78 Å². The zero-order valence-electron chi connectivity index (χ0n) is 10.5. The minimum absolute atomic E-state index is 0.000659. The van der Waals surface area contributed by atoms with Crippen LogP contribution in [0.4, 0.5) is 0 Å². The number of imidazole rings is 1. The van der Waals surface area contributed by atoms with Gasteiger partial charge in [0.25, 0.3) is 0 Å². The van der Waals surface area contributed by atoms with Crippen LogP contribution in [0.5, 0.6) is 0 Å². The fourth-order valence-corrected chi connectivity index (χ4v) is 2.05. The van der Waals surface area contributed by atoms with Gasteiger partial charge in [0.15, 0.2) is 11.6 Å². The molecular formula is C16H12N2O. The standard InChI is InChI=1S/C16H12N2O/c1-11(19)13-9-5-6-10-14-15(13)18-16(17-14)12-7-3-2-4-8-12/h2-10H,1H3. The largest absolute Gasteiger partial charge is 0.294 e. The van der Waals surface area contributed by atoms with Gasteiger partial charge in [-0.3, -0.25) is 4.79 Å². The monoisotopic (exact) mass is 248 g/mol. The van der Waals surface area contributed by atoms with Gasteiger partial charge in [-0.25, -0.2) is 9.97 Å². The number of rotatable bonds is 2. The Morgan fingerprint density at radius 1 is 0.895 bits per heavy atom. The third-order valence-corrected chi connectivity index (χ3v) is 2.98. The molecule has 3 nitrogen and oxygen atoms in total. The summed E-state index contributed by atoms with van der Waals surface area (Å²) in [4.78, 5) is 20.7. The van der Waals surface area contributed by atoms with Crippen LogP contribution in [0.25, 0.3) is 22.8 Å². The van der Waals surface area contributed by atoms with E-state index < -0.39 is 0 Å². The molecule has 0 saturated carbocycles. The number of carbonyl (C=O) groups is 1. The van der Waals surface area contributed by atoms with Crippen LogP contribution in [0.15, 0.2) is 54.6 Å². The van der Waals surface area contributed by atoms with E-state index in [9.17, 15) is 4.79 Å². The summed E-state index contributed by atoms with van der Waals surface area (Å²) in [7, 11) is 0. The fourth-order valence-electron chi connectivity index (χ4n) is 2.05. The minimum atomic E-state index is 0.000659. The Bertz CT molecular complexity index is 707. The Morgan fingerprint density at radius 2 is 1.58 bits per heavy atom. The summed E-state index contributed by atoms with van der Waals surface area (Å²) < 4.78 is 0. The average Bonchev–Trinajstić information content (AvgIpc) is 2.73. The molecule has 0 fully saturated rings. The van der Waals surface area contributed by atoms with Crippen molar-refractivity contribution < 1.29 is 4.79 Å². The first-order chi connectivity index (χ1) is 9.25. The SMILES string of the molecule is CC(=O)c1ccccc2nc(-c3ccccc3)nc1-2. The lowest BCUT2D eigenvalue weighted by Gasteiger charge is -1.95. The van der Waals surface area contributed by atoms with E-state index in [1.54, 1.807) is 13.0 Å². The van der Waals surface area contributed by atoms with Gasteiger partial charge in [-0.1, -0.05) is 42.5 Å². The number of hydrogen-bond donors (Lipinski definition) is 0. The van der Waals surface area contributed by atoms with Gasteiger partial charge >= 0.3 is 0 Å². The molecule has 1 heterocycles. The highest BCUT2D eigenvalue weighted by Gasteiger charge is 2.16. The van der Waals surface area contributed by atoms with Crippen molar-refractivity contribution in [2.75, 3.05) is 0 Å². The van der Waals surface area contributed by atoms with Crippen molar-refractivity contribution in [3.05, 3.63) is 60.2 Å². The molecule has 0 amide bonds. The van der Waals surface area contributed by atoms with Crippen LogP contribution in [0, 0.1) is 0 Å². The summed E-state index contributed by atoms with van der Waals surface area (Å²) in [6, 6.07) is 17.1. The Morgan fingerprint density at radius 3 is 2.32 bits per heavy atom. The molecule has 3 heteroatoms. The van der Waals surface area contributed by atoms with Crippen LogP contribution < -0.4 is 0 Å². The van der Waals surface area contributed by atoms with Crippen molar-refractivity contribution in [3.63, 3.8) is 0 Å². The molecular weight excluding hydrogens is 236 g/mol. The van der Waals surface area contributed by atoms with E-state index in [1.165, 1.54) is 0 Å². The molecule has 1 aromatic carbocycles. The molecule has 92 valence electrons. The van der Waals surface area contributed by atoms with Crippen molar-refractivity contribution in [2.24, 2.45) is 0 Å². The van der Waals surface area contributed by atoms with E-state index in [2.05, 4.69) is 9.97 Å². The van der Waals surface area contributed by atoms with Crippen molar-refractivity contribution in [1.29, 1.82) is 0 Å². The number of fused-ring (bicyclic) bond motifs is 1. The average molecular weight is 248 g/mol. The van der Waals surface area contributed by atoms with Crippen LogP contribution in [0.2, 0.25) is 0 Å². The lowest BCUT2D eigenvalue weighted by Crippen LogP contribution is -1.93. The summed E-state index contributed by atoms with van der Waals surface area (Å²) in [6.07, 6.45) is 0. The smallest absolute Gasteiger partial charge is 0.162 e. The Hall–Kier alpha value is -2.55. The van der Waals surface area contributed by atoms with Gasteiger partial charge in [0.2, 0.25) is 0 Å². The summed E-state index contributed by atoms with van der Waals surface area (Å²) in [5.74, 6) is 0.657.